The molecule has 1 unspecified atom stereocenters. The first kappa shape index (κ1) is 13.9. The van der Waals surface area contributed by atoms with Crippen LogP contribution < -0.4 is 0 Å². The fraction of sp³-hybridized carbons (Fsp3) is 0.308. The van der Waals surface area contributed by atoms with Crippen molar-refractivity contribution in [3.8, 4) is 0 Å². The number of benzene rings is 1. The molecule has 1 N–H and O–H groups in total. The zero-order valence-electron chi connectivity index (χ0n) is 9.49. The maximum Gasteiger partial charge on any atom is 0.306 e. The van der Waals surface area contributed by atoms with Crippen LogP contribution in [0, 0.1) is 11.7 Å². The van der Waals surface area contributed by atoms with Gasteiger partial charge in [0, 0.05) is 10.0 Å². The molecule has 0 aliphatic heterocycles. The van der Waals surface area contributed by atoms with Gasteiger partial charge >= 0.3 is 5.97 Å². The van der Waals surface area contributed by atoms with Crippen LogP contribution in [0.2, 0.25) is 0 Å². The van der Waals surface area contributed by atoms with Crippen LogP contribution >= 0.6 is 15.9 Å². The summed E-state index contributed by atoms with van der Waals surface area (Å²) in [5, 5.41) is 8.69. The Labute approximate surface area is 108 Å². The van der Waals surface area contributed by atoms with Gasteiger partial charge in [0.2, 0.25) is 0 Å². The molecule has 1 atom stereocenters. The van der Waals surface area contributed by atoms with E-state index in [1.807, 2.05) is 0 Å². The van der Waals surface area contributed by atoms with Crippen molar-refractivity contribution in [1.82, 2.24) is 0 Å². The molecule has 92 valence electrons. The fourth-order valence-corrected chi connectivity index (χ4v) is 1.70. The van der Waals surface area contributed by atoms with Crippen LogP contribution in [-0.4, -0.2) is 11.1 Å². The number of aliphatic carboxylic acids is 1. The molecule has 0 aliphatic carbocycles. The predicted octanol–water partition coefficient (Wildman–Crippen LogP) is 4.10. The van der Waals surface area contributed by atoms with Gasteiger partial charge in [-0.1, -0.05) is 35.0 Å². The van der Waals surface area contributed by atoms with Crippen LogP contribution in [0.5, 0.6) is 0 Å². The lowest BCUT2D eigenvalue weighted by atomic mass is 10.1. The molecule has 0 heterocycles. The molecule has 0 saturated heterocycles. The van der Waals surface area contributed by atoms with E-state index in [9.17, 15) is 9.18 Å². The Hall–Kier alpha value is -1.16. The number of carbonyl (C=O) groups is 1. The van der Waals surface area contributed by atoms with Crippen molar-refractivity contribution < 1.29 is 14.3 Å². The number of allylic oxidation sites excluding steroid dienone is 1. The molecule has 1 rings (SSSR count). The summed E-state index contributed by atoms with van der Waals surface area (Å²) in [4.78, 5) is 10.6. The van der Waals surface area contributed by atoms with E-state index >= 15 is 0 Å². The number of carboxylic acid groups (broad SMARTS) is 1. The molecule has 0 aromatic heterocycles. The van der Waals surface area contributed by atoms with E-state index in [4.69, 9.17) is 5.11 Å². The minimum Gasteiger partial charge on any atom is -0.481 e. The molecule has 0 spiro atoms. The maximum absolute atomic E-state index is 13.3. The summed E-state index contributed by atoms with van der Waals surface area (Å²) in [5.41, 5.74) is 0.502. The SMILES string of the molecule is CC(CC/C=C/c1cc(Br)ccc1F)C(=O)O. The highest BCUT2D eigenvalue weighted by Crippen LogP contribution is 2.17. The highest BCUT2D eigenvalue weighted by atomic mass is 79.9. The summed E-state index contributed by atoms with van der Waals surface area (Å²) in [6.07, 6.45) is 4.65. The zero-order valence-corrected chi connectivity index (χ0v) is 11.1. The molecular formula is C13H14BrFO2. The van der Waals surface area contributed by atoms with Gasteiger partial charge in [0.1, 0.15) is 5.82 Å². The van der Waals surface area contributed by atoms with Crippen molar-refractivity contribution in [3.63, 3.8) is 0 Å². The Kier molecular flexibility index (Phi) is 5.35. The summed E-state index contributed by atoms with van der Waals surface area (Å²) >= 11 is 3.27. The van der Waals surface area contributed by atoms with Crippen LogP contribution in [0.25, 0.3) is 6.08 Å². The molecule has 0 fully saturated rings. The van der Waals surface area contributed by atoms with E-state index in [0.29, 0.717) is 18.4 Å². The standard InChI is InChI=1S/C13H14BrFO2/c1-9(13(16)17)4-2-3-5-10-8-11(14)6-7-12(10)15/h3,5-9H,2,4H2,1H3,(H,16,17)/b5-3+. The van der Waals surface area contributed by atoms with Crippen LogP contribution in [0.3, 0.4) is 0 Å². The third kappa shape index (κ3) is 4.69. The fourth-order valence-electron chi connectivity index (χ4n) is 1.32. The minimum absolute atomic E-state index is 0.282. The predicted molar refractivity (Wildman–Crippen MR) is 69.2 cm³/mol. The molecule has 4 heteroatoms. The second-order valence-electron chi connectivity index (χ2n) is 3.88. The lowest BCUT2D eigenvalue weighted by molar-refractivity contribution is -0.141. The largest absolute Gasteiger partial charge is 0.481 e. The first-order chi connectivity index (χ1) is 8.00. The number of carboxylic acids is 1. The number of hydrogen-bond acceptors (Lipinski definition) is 1. The number of hydrogen-bond donors (Lipinski definition) is 1. The summed E-state index contributed by atoms with van der Waals surface area (Å²) in [7, 11) is 0. The van der Waals surface area contributed by atoms with E-state index in [-0.39, 0.29) is 11.7 Å². The Bertz CT molecular complexity index is 429. The topological polar surface area (TPSA) is 37.3 Å². The molecule has 0 aliphatic rings. The quantitative estimate of drug-likeness (QED) is 0.889. The molecular weight excluding hydrogens is 287 g/mol. The Morgan fingerprint density at radius 1 is 1.59 bits per heavy atom. The Morgan fingerprint density at radius 3 is 2.94 bits per heavy atom. The molecule has 0 radical (unpaired) electrons. The summed E-state index contributed by atoms with van der Waals surface area (Å²) < 4.78 is 14.1. The van der Waals surface area contributed by atoms with E-state index in [1.54, 1.807) is 31.2 Å². The van der Waals surface area contributed by atoms with E-state index in [1.165, 1.54) is 6.07 Å². The van der Waals surface area contributed by atoms with Gasteiger partial charge in [-0.05, 0) is 31.0 Å². The van der Waals surface area contributed by atoms with Crippen LogP contribution in [-0.2, 0) is 4.79 Å². The summed E-state index contributed by atoms with van der Waals surface area (Å²) in [6.45, 7) is 1.66. The van der Waals surface area contributed by atoms with Gasteiger partial charge in [-0.3, -0.25) is 4.79 Å². The maximum atomic E-state index is 13.3. The molecule has 1 aromatic carbocycles. The van der Waals surface area contributed by atoms with Crippen molar-refractivity contribution >= 4 is 28.0 Å². The average Bonchev–Trinajstić information content (AvgIpc) is 2.28. The molecule has 17 heavy (non-hydrogen) atoms. The summed E-state index contributed by atoms with van der Waals surface area (Å²) in [5.74, 6) is -1.45. The third-order valence-corrected chi connectivity index (χ3v) is 2.94. The normalized spacial score (nSPS) is 12.9. The minimum atomic E-state index is -0.799. The van der Waals surface area contributed by atoms with Crippen molar-refractivity contribution in [3.05, 3.63) is 40.1 Å². The third-order valence-electron chi connectivity index (χ3n) is 2.44. The highest BCUT2D eigenvalue weighted by molar-refractivity contribution is 9.10. The monoisotopic (exact) mass is 300 g/mol. The van der Waals surface area contributed by atoms with Crippen LogP contribution in [0.15, 0.2) is 28.7 Å². The van der Waals surface area contributed by atoms with Crippen molar-refractivity contribution in [1.29, 1.82) is 0 Å². The Balaban J connectivity index is 2.54. The second kappa shape index (κ2) is 6.55. The van der Waals surface area contributed by atoms with Crippen molar-refractivity contribution in [2.24, 2.45) is 5.92 Å². The molecule has 0 saturated carbocycles. The number of rotatable bonds is 5. The zero-order chi connectivity index (χ0) is 12.8. The van der Waals surface area contributed by atoms with E-state index < -0.39 is 5.97 Å². The first-order valence-corrected chi connectivity index (χ1v) is 6.14. The average molecular weight is 301 g/mol. The van der Waals surface area contributed by atoms with Crippen molar-refractivity contribution in [2.75, 3.05) is 0 Å². The smallest absolute Gasteiger partial charge is 0.306 e. The van der Waals surface area contributed by atoms with Gasteiger partial charge in [0.25, 0.3) is 0 Å². The van der Waals surface area contributed by atoms with Gasteiger partial charge in [-0.2, -0.15) is 0 Å². The van der Waals surface area contributed by atoms with Crippen molar-refractivity contribution in [2.45, 2.75) is 19.8 Å². The second-order valence-corrected chi connectivity index (χ2v) is 4.80. The summed E-state index contributed by atoms with van der Waals surface area (Å²) in [6, 6.07) is 4.72. The lowest BCUT2D eigenvalue weighted by Gasteiger charge is -2.02. The number of halogens is 2. The van der Waals surface area contributed by atoms with E-state index in [0.717, 1.165) is 4.47 Å². The van der Waals surface area contributed by atoms with Gasteiger partial charge < -0.3 is 5.11 Å². The van der Waals surface area contributed by atoms with Gasteiger partial charge in [-0.25, -0.2) is 4.39 Å². The Morgan fingerprint density at radius 2 is 2.29 bits per heavy atom. The van der Waals surface area contributed by atoms with Crippen LogP contribution in [0.1, 0.15) is 25.3 Å². The first-order valence-electron chi connectivity index (χ1n) is 5.35. The molecule has 1 aromatic rings. The molecule has 0 bridgehead atoms. The van der Waals surface area contributed by atoms with Gasteiger partial charge in [0.05, 0.1) is 5.92 Å². The van der Waals surface area contributed by atoms with E-state index in [2.05, 4.69) is 15.9 Å². The molecule has 2 nitrogen and oxygen atoms in total. The molecule has 0 amide bonds. The van der Waals surface area contributed by atoms with Crippen LogP contribution in [0.4, 0.5) is 4.39 Å². The lowest BCUT2D eigenvalue weighted by Crippen LogP contribution is -2.08. The highest BCUT2D eigenvalue weighted by Gasteiger charge is 2.08. The van der Waals surface area contributed by atoms with Gasteiger partial charge in [-0.15, -0.1) is 0 Å². The van der Waals surface area contributed by atoms with Gasteiger partial charge in [0.15, 0.2) is 0 Å².